The van der Waals surface area contributed by atoms with E-state index in [1.807, 2.05) is 29.2 Å². The normalized spacial score (nSPS) is 15.3. The first kappa shape index (κ1) is 17.2. The Labute approximate surface area is 156 Å². The molecule has 0 unspecified atom stereocenters. The zero-order chi connectivity index (χ0) is 16.9. The highest BCUT2D eigenvalue weighted by atomic mass is 127. The van der Waals surface area contributed by atoms with Crippen LogP contribution in [0.3, 0.4) is 0 Å². The smallest absolute Gasteiger partial charge is 0.253 e. The molecule has 0 atom stereocenters. The van der Waals surface area contributed by atoms with E-state index in [4.69, 9.17) is 4.74 Å². The molecule has 3 rings (SSSR count). The Kier molecular flexibility index (Phi) is 5.73. The molecule has 2 aromatic rings. The van der Waals surface area contributed by atoms with Gasteiger partial charge in [0.1, 0.15) is 5.75 Å². The summed E-state index contributed by atoms with van der Waals surface area (Å²) >= 11 is 2.20. The molecule has 1 fully saturated rings. The number of halogens is 1. The lowest BCUT2D eigenvalue weighted by atomic mass is 10.1. The minimum Gasteiger partial charge on any atom is -0.496 e. The fraction of sp³-hybridized carbons (Fsp3) is 0.316. The Bertz CT molecular complexity index is 698. The zero-order valence-corrected chi connectivity index (χ0v) is 15.9. The molecule has 1 amide bonds. The SMILES string of the molecule is COc1ccc(C(=O)N2CCN(Cc3ccccc3)CC2)cc1I. The van der Waals surface area contributed by atoms with E-state index >= 15 is 0 Å². The molecular weight excluding hydrogens is 415 g/mol. The summed E-state index contributed by atoms with van der Waals surface area (Å²) in [5.41, 5.74) is 2.05. The molecular formula is C19H21IN2O2. The molecule has 0 radical (unpaired) electrons. The monoisotopic (exact) mass is 436 g/mol. The number of rotatable bonds is 4. The molecule has 5 heteroatoms. The Hall–Kier alpha value is -1.60. The Morgan fingerprint density at radius 1 is 1.08 bits per heavy atom. The largest absolute Gasteiger partial charge is 0.496 e. The van der Waals surface area contributed by atoms with Gasteiger partial charge in [-0.15, -0.1) is 0 Å². The summed E-state index contributed by atoms with van der Waals surface area (Å²) in [5.74, 6) is 0.912. The number of ether oxygens (including phenoxy) is 1. The van der Waals surface area contributed by atoms with Crippen molar-refractivity contribution in [2.45, 2.75) is 6.54 Å². The standard InChI is InChI=1S/C19H21IN2O2/c1-24-18-8-7-16(13-17(18)20)19(23)22-11-9-21(10-12-22)14-15-5-3-2-4-6-15/h2-8,13H,9-12,14H2,1H3. The van der Waals surface area contributed by atoms with Crippen molar-refractivity contribution in [2.75, 3.05) is 33.3 Å². The van der Waals surface area contributed by atoms with Crippen LogP contribution in [0.15, 0.2) is 48.5 Å². The van der Waals surface area contributed by atoms with Crippen molar-refractivity contribution in [3.05, 3.63) is 63.2 Å². The van der Waals surface area contributed by atoms with Crippen molar-refractivity contribution in [2.24, 2.45) is 0 Å². The van der Waals surface area contributed by atoms with Crippen molar-refractivity contribution in [3.8, 4) is 5.75 Å². The van der Waals surface area contributed by atoms with Gasteiger partial charge < -0.3 is 9.64 Å². The number of nitrogens with zero attached hydrogens (tertiary/aromatic N) is 2. The number of carbonyl (C=O) groups excluding carboxylic acids is 1. The number of hydrogen-bond donors (Lipinski definition) is 0. The molecule has 0 N–H and O–H groups in total. The fourth-order valence-electron chi connectivity index (χ4n) is 2.93. The highest BCUT2D eigenvalue weighted by molar-refractivity contribution is 14.1. The topological polar surface area (TPSA) is 32.8 Å². The van der Waals surface area contributed by atoms with E-state index in [-0.39, 0.29) is 5.91 Å². The number of methoxy groups -OCH3 is 1. The first-order chi connectivity index (χ1) is 11.7. The van der Waals surface area contributed by atoms with Gasteiger partial charge in [-0.05, 0) is 46.4 Å². The summed E-state index contributed by atoms with van der Waals surface area (Å²) in [5, 5.41) is 0. The van der Waals surface area contributed by atoms with Crippen LogP contribution in [0.1, 0.15) is 15.9 Å². The van der Waals surface area contributed by atoms with Crippen LogP contribution in [0.4, 0.5) is 0 Å². The maximum Gasteiger partial charge on any atom is 0.253 e. The van der Waals surface area contributed by atoms with Gasteiger partial charge >= 0.3 is 0 Å². The summed E-state index contributed by atoms with van der Waals surface area (Å²) in [6.07, 6.45) is 0. The molecule has 1 aliphatic heterocycles. The van der Waals surface area contributed by atoms with Gasteiger partial charge in [-0.3, -0.25) is 9.69 Å². The predicted octanol–water partition coefficient (Wildman–Crippen LogP) is 3.26. The van der Waals surface area contributed by atoms with E-state index < -0.39 is 0 Å². The van der Waals surface area contributed by atoms with Gasteiger partial charge in [0.2, 0.25) is 0 Å². The number of hydrogen-bond acceptors (Lipinski definition) is 3. The molecule has 0 aromatic heterocycles. The van der Waals surface area contributed by atoms with Crippen LogP contribution < -0.4 is 4.74 Å². The number of amides is 1. The third kappa shape index (κ3) is 4.08. The lowest BCUT2D eigenvalue weighted by Crippen LogP contribution is -2.48. The van der Waals surface area contributed by atoms with Gasteiger partial charge in [0.15, 0.2) is 0 Å². The summed E-state index contributed by atoms with van der Waals surface area (Å²) in [4.78, 5) is 17.0. The van der Waals surface area contributed by atoms with Crippen LogP contribution in [0.2, 0.25) is 0 Å². The average molecular weight is 436 g/mol. The van der Waals surface area contributed by atoms with Crippen LogP contribution in [0.25, 0.3) is 0 Å². The van der Waals surface area contributed by atoms with Gasteiger partial charge in [0.05, 0.1) is 10.7 Å². The van der Waals surface area contributed by atoms with Crippen LogP contribution >= 0.6 is 22.6 Å². The fourth-order valence-corrected chi connectivity index (χ4v) is 3.67. The van der Waals surface area contributed by atoms with Gasteiger partial charge in [-0.2, -0.15) is 0 Å². The van der Waals surface area contributed by atoms with E-state index in [2.05, 4.69) is 51.8 Å². The van der Waals surface area contributed by atoms with Gasteiger partial charge in [-0.25, -0.2) is 0 Å². The third-order valence-corrected chi connectivity index (χ3v) is 5.15. The van der Waals surface area contributed by atoms with Crippen molar-refractivity contribution >= 4 is 28.5 Å². The number of carbonyl (C=O) groups is 1. The van der Waals surface area contributed by atoms with Crippen molar-refractivity contribution in [3.63, 3.8) is 0 Å². The van der Waals surface area contributed by atoms with Crippen LogP contribution in [0.5, 0.6) is 5.75 Å². The van der Waals surface area contributed by atoms with E-state index in [0.29, 0.717) is 0 Å². The molecule has 2 aromatic carbocycles. The summed E-state index contributed by atoms with van der Waals surface area (Å²) < 4.78 is 6.22. The molecule has 4 nitrogen and oxygen atoms in total. The van der Waals surface area contributed by atoms with Gasteiger partial charge in [0, 0.05) is 38.3 Å². The second kappa shape index (κ2) is 7.98. The average Bonchev–Trinajstić information content (AvgIpc) is 2.62. The molecule has 0 saturated carbocycles. The maximum absolute atomic E-state index is 12.7. The lowest BCUT2D eigenvalue weighted by Gasteiger charge is -2.34. The zero-order valence-electron chi connectivity index (χ0n) is 13.7. The summed E-state index contributed by atoms with van der Waals surface area (Å²) in [7, 11) is 1.64. The highest BCUT2D eigenvalue weighted by Gasteiger charge is 2.22. The second-order valence-electron chi connectivity index (χ2n) is 5.90. The quantitative estimate of drug-likeness (QED) is 0.690. The lowest BCUT2D eigenvalue weighted by molar-refractivity contribution is 0.0628. The van der Waals surface area contributed by atoms with Crippen LogP contribution in [-0.2, 0) is 6.54 Å². The third-order valence-electron chi connectivity index (χ3n) is 4.31. The Balaban J connectivity index is 1.58. The molecule has 126 valence electrons. The Morgan fingerprint density at radius 2 is 1.79 bits per heavy atom. The van der Waals surface area contributed by atoms with Crippen LogP contribution in [0, 0.1) is 3.57 Å². The van der Waals surface area contributed by atoms with Gasteiger partial charge in [-0.1, -0.05) is 30.3 Å². The molecule has 0 spiro atoms. The summed E-state index contributed by atoms with van der Waals surface area (Å²) in [6.45, 7) is 4.31. The molecule has 24 heavy (non-hydrogen) atoms. The van der Waals surface area contributed by atoms with Crippen molar-refractivity contribution in [1.82, 2.24) is 9.80 Å². The second-order valence-corrected chi connectivity index (χ2v) is 7.07. The maximum atomic E-state index is 12.7. The van der Waals surface area contributed by atoms with E-state index in [9.17, 15) is 4.79 Å². The van der Waals surface area contributed by atoms with E-state index in [0.717, 1.165) is 47.6 Å². The highest BCUT2D eigenvalue weighted by Crippen LogP contribution is 2.22. The number of piperazine rings is 1. The molecule has 0 aliphatic carbocycles. The molecule has 1 aliphatic rings. The molecule has 1 saturated heterocycles. The Morgan fingerprint density at radius 3 is 2.42 bits per heavy atom. The van der Waals surface area contributed by atoms with E-state index in [1.165, 1.54) is 5.56 Å². The van der Waals surface area contributed by atoms with Gasteiger partial charge in [0.25, 0.3) is 5.91 Å². The summed E-state index contributed by atoms with van der Waals surface area (Å²) in [6, 6.07) is 16.1. The van der Waals surface area contributed by atoms with Crippen LogP contribution in [-0.4, -0.2) is 49.0 Å². The van der Waals surface area contributed by atoms with E-state index in [1.54, 1.807) is 7.11 Å². The minimum absolute atomic E-state index is 0.106. The number of benzene rings is 2. The first-order valence-electron chi connectivity index (χ1n) is 8.06. The van der Waals surface area contributed by atoms with Crippen molar-refractivity contribution in [1.29, 1.82) is 0 Å². The molecule has 0 bridgehead atoms. The first-order valence-corrected chi connectivity index (χ1v) is 9.14. The molecule has 1 heterocycles. The van der Waals surface area contributed by atoms with Crippen molar-refractivity contribution < 1.29 is 9.53 Å². The minimum atomic E-state index is 0.106. The predicted molar refractivity (Wildman–Crippen MR) is 103 cm³/mol.